The summed E-state index contributed by atoms with van der Waals surface area (Å²) in [6.07, 6.45) is 1.49. The third kappa shape index (κ3) is 2.73. The molecule has 0 saturated carbocycles. The highest BCUT2D eigenvalue weighted by molar-refractivity contribution is 6.08. The lowest BCUT2D eigenvalue weighted by Gasteiger charge is -2.01. The molecular formula is C19H14F2N4O. The molecule has 0 radical (unpaired) electrons. The predicted molar refractivity (Wildman–Crippen MR) is 94.8 cm³/mol. The summed E-state index contributed by atoms with van der Waals surface area (Å²) in [7, 11) is 1.75. The van der Waals surface area contributed by atoms with Gasteiger partial charge in [0.1, 0.15) is 0 Å². The smallest absolute Gasteiger partial charge is 0.276 e. The van der Waals surface area contributed by atoms with Crippen molar-refractivity contribution >= 4 is 22.5 Å². The number of anilines is 1. The third-order valence-corrected chi connectivity index (χ3v) is 4.15. The number of carbonyl (C=O) groups is 1. The summed E-state index contributed by atoms with van der Waals surface area (Å²) in [6, 6.07) is 13.3. The number of nitrogens with one attached hydrogen (secondary N) is 2. The first-order valence-corrected chi connectivity index (χ1v) is 7.90. The monoisotopic (exact) mass is 352 g/mol. The van der Waals surface area contributed by atoms with Gasteiger partial charge < -0.3 is 10.3 Å². The number of benzene rings is 2. The summed E-state index contributed by atoms with van der Waals surface area (Å²) >= 11 is 0. The first-order valence-electron chi connectivity index (χ1n) is 7.90. The molecule has 0 saturated heterocycles. The molecule has 0 spiro atoms. The van der Waals surface area contributed by atoms with Crippen molar-refractivity contribution in [1.82, 2.24) is 14.8 Å². The molecule has 0 aliphatic carbocycles. The van der Waals surface area contributed by atoms with E-state index in [2.05, 4.69) is 15.4 Å². The molecule has 5 nitrogen and oxygen atoms in total. The molecule has 0 bridgehead atoms. The summed E-state index contributed by atoms with van der Waals surface area (Å²) in [4.78, 5) is 15.3. The minimum atomic E-state index is -0.975. The fourth-order valence-corrected chi connectivity index (χ4v) is 2.86. The summed E-state index contributed by atoms with van der Waals surface area (Å²) in [5.74, 6) is -2.36. The van der Waals surface area contributed by atoms with Crippen LogP contribution in [0.3, 0.4) is 0 Å². The first kappa shape index (κ1) is 16.0. The van der Waals surface area contributed by atoms with Crippen molar-refractivity contribution < 1.29 is 13.6 Å². The van der Waals surface area contributed by atoms with Crippen LogP contribution in [0.15, 0.2) is 54.7 Å². The zero-order valence-corrected chi connectivity index (χ0v) is 13.8. The number of aromatic amines is 1. The van der Waals surface area contributed by atoms with Crippen LogP contribution in [-0.2, 0) is 7.05 Å². The Morgan fingerprint density at radius 3 is 2.62 bits per heavy atom. The lowest BCUT2D eigenvalue weighted by atomic mass is 10.1. The van der Waals surface area contributed by atoms with Crippen LogP contribution in [0.25, 0.3) is 22.2 Å². The van der Waals surface area contributed by atoms with Crippen LogP contribution in [0.5, 0.6) is 0 Å². The number of amides is 1. The number of aryl methyl sites for hydroxylation is 1. The molecule has 0 unspecified atom stereocenters. The van der Waals surface area contributed by atoms with E-state index in [-0.39, 0.29) is 5.69 Å². The Morgan fingerprint density at radius 2 is 1.85 bits per heavy atom. The Bertz CT molecular complexity index is 1120. The molecule has 0 aliphatic rings. The maximum Gasteiger partial charge on any atom is 0.276 e. The van der Waals surface area contributed by atoms with Crippen molar-refractivity contribution in [3.63, 3.8) is 0 Å². The topological polar surface area (TPSA) is 62.7 Å². The van der Waals surface area contributed by atoms with E-state index < -0.39 is 17.5 Å². The zero-order chi connectivity index (χ0) is 18.3. The zero-order valence-electron chi connectivity index (χ0n) is 13.8. The van der Waals surface area contributed by atoms with Gasteiger partial charge in [0.15, 0.2) is 17.3 Å². The van der Waals surface area contributed by atoms with Gasteiger partial charge in [0.2, 0.25) is 0 Å². The highest BCUT2D eigenvalue weighted by atomic mass is 19.2. The van der Waals surface area contributed by atoms with E-state index in [1.165, 1.54) is 6.20 Å². The number of aromatic nitrogens is 3. The molecule has 26 heavy (non-hydrogen) atoms. The van der Waals surface area contributed by atoms with Crippen LogP contribution in [0.2, 0.25) is 0 Å². The molecule has 130 valence electrons. The molecule has 2 aromatic carbocycles. The molecule has 7 heteroatoms. The number of carbonyl (C=O) groups excluding carboxylic acids is 1. The van der Waals surface area contributed by atoms with Gasteiger partial charge >= 0.3 is 0 Å². The molecule has 0 aliphatic heterocycles. The van der Waals surface area contributed by atoms with Crippen molar-refractivity contribution in [3.05, 3.63) is 72.1 Å². The quantitative estimate of drug-likeness (QED) is 0.583. The lowest BCUT2D eigenvalue weighted by molar-refractivity contribution is 0.102. The average molecular weight is 352 g/mol. The predicted octanol–water partition coefficient (Wildman–Crippen LogP) is 4.10. The second kappa shape index (κ2) is 6.11. The molecule has 0 atom stereocenters. The minimum Gasteiger partial charge on any atom is -0.359 e. The number of nitrogens with zero attached hydrogens (tertiary/aromatic N) is 2. The van der Waals surface area contributed by atoms with E-state index in [0.29, 0.717) is 16.6 Å². The van der Waals surface area contributed by atoms with E-state index >= 15 is 0 Å². The summed E-state index contributed by atoms with van der Waals surface area (Å²) in [5, 5.41) is 7.31. The Balaban J connectivity index is 1.64. The molecule has 0 fully saturated rings. The van der Waals surface area contributed by atoms with Crippen LogP contribution >= 0.6 is 0 Å². The van der Waals surface area contributed by atoms with Crippen LogP contribution < -0.4 is 5.32 Å². The average Bonchev–Trinajstić information content (AvgIpc) is 3.20. The van der Waals surface area contributed by atoms with Crippen molar-refractivity contribution in [2.75, 3.05) is 5.32 Å². The number of H-pyrrole nitrogens is 1. The normalized spacial score (nSPS) is 11.0. The number of hydrogen-bond acceptors (Lipinski definition) is 2. The second-order valence-electron chi connectivity index (χ2n) is 5.87. The van der Waals surface area contributed by atoms with Gasteiger partial charge in [0.05, 0.1) is 16.9 Å². The van der Waals surface area contributed by atoms with E-state index in [1.807, 2.05) is 30.3 Å². The van der Waals surface area contributed by atoms with Gasteiger partial charge in [-0.25, -0.2) is 8.78 Å². The summed E-state index contributed by atoms with van der Waals surface area (Å²) < 4.78 is 28.4. The SMILES string of the molecule is Cn1nc(C(=O)Nc2c[nH]c3cc(F)c(F)cc23)cc1-c1ccccc1. The van der Waals surface area contributed by atoms with Crippen molar-refractivity contribution in [2.45, 2.75) is 0 Å². The molecular weight excluding hydrogens is 338 g/mol. The van der Waals surface area contributed by atoms with Gasteiger partial charge in [-0.15, -0.1) is 0 Å². The highest BCUT2D eigenvalue weighted by Crippen LogP contribution is 2.26. The fourth-order valence-electron chi connectivity index (χ4n) is 2.86. The minimum absolute atomic E-state index is 0.225. The van der Waals surface area contributed by atoms with Gasteiger partial charge in [-0.05, 0) is 17.7 Å². The van der Waals surface area contributed by atoms with Gasteiger partial charge in [0, 0.05) is 24.7 Å². The van der Waals surface area contributed by atoms with E-state index in [1.54, 1.807) is 17.8 Å². The van der Waals surface area contributed by atoms with Gasteiger partial charge in [-0.2, -0.15) is 5.10 Å². The van der Waals surface area contributed by atoms with Gasteiger partial charge in [0.25, 0.3) is 5.91 Å². The van der Waals surface area contributed by atoms with Gasteiger partial charge in [-0.3, -0.25) is 9.48 Å². The number of hydrogen-bond donors (Lipinski definition) is 2. The van der Waals surface area contributed by atoms with Crippen molar-refractivity contribution in [2.24, 2.45) is 7.05 Å². The molecule has 2 heterocycles. The van der Waals surface area contributed by atoms with Crippen LogP contribution in [0.1, 0.15) is 10.5 Å². The largest absolute Gasteiger partial charge is 0.359 e. The molecule has 2 aromatic heterocycles. The van der Waals surface area contributed by atoms with E-state index in [4.69, 9.17) is 0 Å². The summed E-state index contributed by atoms with van der Waals surface area (Å²) in [6.45, 7) is 0. The Hall–Kier alpha value is -3.48. The summed E-state index contributed by atoms with van der Waals surface area (Å²) in [5.41, 5.74) is 2.71. The van der Waals surface area contributed by atoms with Crippen molar-refractivity contribution in [3.8, 4) is 11.3 Å². The second-order valence-corrected chi connectivity index (χ2v) is 5.87. The Kier molecular flexibility index (Phi) is 3.76. The lowest BCUT2D eigenvalue weighted by Crippen LogP contribution is -2.12. The standard InChI is InChI=1S/C19H14F2N4O/c1-25-18(11-5-3-2-4-6-11)9-16(24-25)19(26)23-17-10-22-15-8-14(21)13(20)7-12(15)17/h2-10,22H,1H3,(H,23,26). The Labute approximate surface area is 147 Å². The molecule has 4 rings (SSSR count). The number of fused-ring (bicyclic) bond motifs is 1. The molecule has 4 aromatic rings. The van der Waals surface area contributed by atoms with Crippen molar-refractivity contribution in [1.29, 1.82) is 0 Å². The van der Waals surface area contributed by atoms with Crippen LogP contribution in [0.4, 0.5) is 14.5 Å². The Morgan fingerprint density at radius 1 is 1.12 bits per heavy atom. The van der Waals surface area contributed by atoms with Crippen LogP contribution in [-0.4, -0.2) is 20.7 Å². The fraction of sp³-hybridized carbons (Fsp3) is 0.0526. The third-order valence-electron chi connectivity index (χ3n) is 4.15. The van der Waals surface area contributed by atoms with Gasteiger partial charge in [-0.1, -0.05) is 30.3 Å². The van der Waals surface area contributed by atoms with Crippen LogP contribution in [0, 0.1) is 11.6 Å². The van der Waals surface area contributed by atoms with E-state index in [0.717, 1.165) is 23.4 Å². The molecule has 1 amide bonds. The number of halogens is 2. The van der Waals surface area contributed by atoms with E-state index in [9.17, 15) is 13.6 Å². The maximum absolute atomic E-state index is 13.5. The first-order chi connectivity index (χ1) is 12.5. The molecule has 2 N–H and O–H groups in total. The highest BCUT2D eigenvalue weighted by Gasteiger charge is 2.16. The maximum atomic E-state index is 13.5. The number of rotatable bonds is 3.